The van der Waals surface area contributed by atoms with Crippen LogP contribution in [0.5, 0.6) is 5.75 Å². The number of likely N-dealkylation sites (tertiary alicyclic amines) is 1. The van der Waals surface area contributed by atoms with E-state index < -0.39 is 0 Å². The molecule has 1 aliphatic heterocycles. The van der Waals surface area contributed by atoms with Crippen LogP contribution in [-0.4, -0.2) is 30.7 Å². The number of carbonyl (C=O) groups excluding carboxylic acids is 2. The molecular formula is C19H19NO3. The Morgan fingerprint density at radius 3 is 2.43 bits per heavy atom. The highest BCUT2D eigenvalue weighted by Crippen LogP contribution is 2.33. The molecule has 4 nitrogen and oxygen atoms in total. The van der Waals surface area contributed by atoms with Gasteiger partial charge in [-0.1, -0.05) is 42.5 Å². The molecule has 23 heavy (non-hydrogen) atoms. The van der Waals surface area contributed by atoms with Crippen molar-refractivity contribution in [1.82, 2.24) is 4.90 Å². The van der Waals surface area contributed by atoms with Crippen molar-refractivity contribution in [3.8, 4) is 5.75 Å². The van der Waals surface area contributed by atoms with Crippen LogP contribution < -0.4 is 4.74 Å². The average molecular weight is 309 g/mol. The van der Waals surface area contributed by atoms with Crippen LogP contribution >= 0.6 is 0 Å². The number of benzene rings is 2. The maximum atomic E-state index is 12.7. The molecule has 0 aromatic heterocycles. The Hall–Kier alpha value is -2.62. The molecule has 1 heterocycles. The fourth-order valence-corrected chi connectivity index (χ4v) is 3.10. The van der Waals surface area contributed by atoms with Gasteiger partial charge in [-0.3, -0.25) is 4.79 Å². The van der Waals surface area contributed by atoms with E-state index in [9.17, 15) is 9.59 Å². The monoisotopic (exact) mass is 309 g/mol. The minimum atomic E-state index is -0.369. The Morgan fingerprint density at radius 1 is 1.13 bits per heavy atom. The molecule has 1 aliphatic rings. The first-order valence-corrected chi connectivity index (χ1v) is 7.65. The Morgan fingerprint density at radius 2 is 1.83 bits per heavy atom. The molecule has 0 unspecified atom stereocenters. The molecule has 2 atom stereocenters. The van der Waals surface area contributed by atoms with E-state index in [2.05, 4.69) is 0 Å². The zero-order valence-corrected chi connectivity index (χ0v) is 13.0. The third kappa shape index (κ3) is 3.11. The van der Waals surface area contributed by atoms with Crippen LogP contribution in [0, 0.1) is 5.92 Å². The van der Waals surface area contributed by atoms with Gasteiger partial charge in [0.25, 0.3) is 0 Å². The number of hydrogen-bond donors (Lipinski definition) is 0. The quantitative estimate of drug-likeness (QED) is 0.798. The van der Waals surface area contributed by atoms with Crippen molar-refractivity contribution in [3.05, 3.63) is 65.7 Å². The summed E-state index contributed by atoms with van der Waals surface area (Å²) in [7, 11) is 1.62. The summed E-state index contributed by atoms with van der Waals surface area (Å²) in [6, 6.07) is 17.2. The lowest BCUT2D eigenvalue weighted by Crippen LogP contribution is -2.26. The minimum absolute atomic E-state index is 0.0177. The molecule has 0 radical (unpaired) electrons. The molecule has 0 bridgehead atoms. The van der Waals surface area contributed by atoms with Crippen LogP contribution in [0.2, 0.25) is 0 Å². The normalized spacial score (nSPS) is 20.6. The summed E-state index contributed by atoms with van der Waals surface area (Å²) in [6.45, 7) is 0.977. The number of nitrogens with zero attached hydrogens (tertiary/aromatic N) is 1. The number of rotatable bonds is 5. The van der Waals surface area contributed by atoms with Gasteiger partial charge >= 0.3 is 0 Å². The van der Waals surface area contributed by atoms with Crippen molar-refractivity contribution in [2.75, 3.05) is 13.7 Å². The Kier molecular flexibility index (Phi) is 4.42. The number of hydrogen-bond acceptors (Lipinski definition) is 3. The topological polar surface area (TPSA) is 46.6 Å². The van der Waals surface area contributed by atoms with E-state index in [1.807, 2.05) is 54.6 Å². The third-order valence-corrected chi connectivity index (χ3v) is 4.30. The van der Waals surface area contributed by atoms with Gasteiger partial charge in [0.05, 0.1) is 13.0 Å². The molecule has 0 N–H and O–H groups in total. The van der Waals surface area contributed by atoms with Gasteiger partial charge in [-0.15, -0.1) is 0 Å². The first kappa shape index (κ1) is 15.3. The van der Waals surface area contributed by atoms with Gasteiger partial charge < -0.3 is 14.4 Å². The first-order chi connectivity index (χ1) is 11.2. The number of ether oxygens (including phenoxy) is 1. The number of amides is 1. The van der Waals surface area contributed by atoms with Gasteiger partial charge in [0, 0.05) is 19.0 Å². The van der Waals surface area contributed by atoms with E-state index in [1.165, 1.54) is 0 Å². The van der Waals surface area contributed by atoms with E-state index in [0.717, 1.165) is 23.2 Å². The lowest BCUT2D eigenvalue weighted by atomic mass is 9.89. The lowest BCUT2D eigenvalue weighted by Gasteiger charge is -2.17. The van der Waals surface area contributed by atoms with Crippen LogP contribution in [-0.2, 0) is 16.1 Å². The van der Waals surface area contributed by atoms with Crippen molar-refractivity contribution < 1.29 is 14.3 Å². The molecule has 0 spiro atoms. The van der Waals surface area contributed by atoms with Crippen molar-refractivity contribution >= 4 is 12.2 Å². The molecule has 4 heteroatoms. The molecule has 2 aromatic rings. The van der Waals surface area contributed by atoms with Crippen molar-refractivity contribution in [2.45, 2.75) is 12.5 Å². The van der Waals surface area contributed by atoms with Gasteiger partial charge in [0.2, 0.25) is 5.91 Å². The van der Waals surface area contributed by atoms with E-state index in [-0.39, 0.29) is 17.7 Å². The second-order valence-electron chi connectivity index (χ2n) is 5.76. The van der Waals surface area contributed by atoms with Crippen molar-refractivity contribution in [2.24, 2.45) is 5.92 Å². The van der Waals surface area contributed by atoms with Gasteiger partial charge in [0.1, 0.15) is 12.0 Å². The van der Waals surface area contributed by atoms with Crippen molar-refractivity contribution in [1.29, 1.82) is 0 Å². The van der Waals surface area contributed by atoms with Gasteiger partial charge in [0.15, 0.2) is 0 Å². The fraction of sp³-hybridized carbons (Fsp3) is 0.263. The van der Waals surface area contributed by atoms with Crippen LogP contribution in [0.25, 0.3) is 0 Å². The highest BCUT2D eigenvalue weighted by atomic mass is 16.5. The maximum absolute atomic E-state index is 12.7. The van der Waals surface area contributed by atoms with Crippen LogP contribution in [0.15, 0.2) is 54.6 Å². The SMILES string of the molecule is COc1ccc(CN2C[C@H](C=O)[C@@H](c3ccccc3)C2=O)cc1. The number of carbonyl (C=O) groups is 2. The maximum Gasteiger partial charge on any atom is 0.231 e. The molecule has 118 valence electrons. The molecule has 1 fully saturated rings. The summed E-state index contributed by atoms with van der Waals surface area (Å²) < 4.78 is 5.14. The predicted octanol–water partition coefficient (Wildman–Crippen LogP) is 2.64. The molecule has 0 aliphatic carbocycles. The van der Waals surface area contributed by atoms with Gasteiger partial charge in [-0.2, -0.15) is 0 Å². The summed E-state index contributed by atoms with van der Waals surface area (Å²) in [4.78, 5) is 25.9. The highest BCUT2D eigenvalue weighted by Gasteiger charge is 2.40. The molecule has 2 aromatic carbocycles. The smallest absolute Gasteiger partial charge is 0.231 e. The molecule has 1 saturated heterocycles. The lowest BCUT2D eigenvalue weighted by molar-refractivity contribution is -0.129. The van der Waals surface area contributed by atoms with Crippen LogP contribution in [0.1, 0.15) is 17.0 Å². The molecule has 3 rings (SSSR count). The standard InChI is InChI=1S/C19H19NO3/c1-23-17-9-7-14(8-10-17)11-20-12-16(13-21)18(19(20)22)15-5-3-2-4-6-15/h2-10,13,16,18H,11-12H2,1H3/t16-,18-/m1/s1. The third-order valence-electron chi connectivity index (χ3n) is 4.30. The summed E-state index contributed by atoms with van der Waals surface area (Å²) in [5, 5.41) is 0. The van der Waals surface area contributed by atoms with E-state index in [0.29, 0.717) is 13.1 Å². The average Bonchev–Trinajstić information content (AvgIpc) is 2.92. The van der Waals surface area contributed by atoms with E-state index in [1.54, 1.807) is 12.0 Å². The Bertz CT molecular complexity index is 682. The zero-order chi connectivity index (χ0) is 16.2. The number of aldehydes is 1. The summed E-state index contributed by atoms with van der Waals surface area (Å²) >= 11 is 0. The van der Waals surface area contributed by atoms with Crippen LogP contribution in [0.4, 0.5) is 0 Å². The number of methoxy groups -OCH3 is 1. The molecular weight excluding hydrogens is 290 g/mol. The zero-order valence-electron chi connectivity index (χ0n) is 13.0. The van der Waals surface area contributed by atoms with Crippen LogP contribution in [0.3, 0.4) is 0 Å². The fourth-order valence-electron chi connectivity index (χ4n) is 3.10. The van der Waals surface area contributed by atoms with E-state index in [4.69, 9.17) is 4.74 Å². The van der Waals surface area contributed by atoms with E-state index >= 15 is 0 Å². The minimum Gasteiger partial charge on any atom is -0.497 e. The summed E-state index contributed by atoms with van der Waals surface area (Å²) in [5.41, 5.74) is 1.93. The second kappa shape index (κ2) is 6.65. The summed E-state index contributed by atoms with van der Waals surface area (Å²) in [6.07, 6.45) is 0.906. The highest BCUT2D eigenvalue weighted by molar-refractivity contribution is 5.90. The molecule has 1 amide bonds. The predicted molar refractivity (Wildman–Crippen MR) is 87.1 cm³/mol. The van der Waals surface area contributed by atoms with Gasteiger partial charge in [-0.25, -0.2) is 0 Å². The first-order valence-electron chi connectivity index (χ1n) is 7.65. The summed E-state index contributed by atoms with van der Waals surface area (Å²) in [5.74, 6) is 0.147. The Balaban J connectivity index is 1.79. The molecule has 0 saturated carbocycles. The largest absolute Gasteiger partial charge is 0.497 e. The second-order valence-corrected chi connectivity index (χ2v) is 5.76. The Labute approximate surface area is 135 Å². The van der Waals surface area contributed by atoms with Crippen molar-refractivity contribution in [3.63, 3.8) is 0 Å². The van der Waals surface area contributed by atoms with Gasteiger partial charge in [-0.05, 0) is 23.3 Å².